The molecule has 1 aliphatic carbocycles. The summed E-state index contributed by atoms with van der Waals surface area (Å²) in [5.74, 6) is 0.123. The van der Waals surface area contributed by atoms with Crippen molar-refractivity contribution in [1.29, 1.82) is 0 Å². The second kappa shape index (κ2) is 5.49. The van der Waals surface area contributed by atoms with E-state index in [0.717, 1.165) is 25.7 Å². The maximum absolute atomic E-state index is 12.2. The van der Waals surface area contributed by atoms with Crippen LogP contribution in [0, 0.1) is 5.92 Å². The lowest BCUT2D eigenvalue weighted by atomic mass is 10.1. The zero-order valence-corrected chi connectivity index (χ0v) is 10.3. The topological polar surface area (TPSA) is 58.6 Å². The van der Waals surface area contributed by atoms with E-state index in [0.29, 0.717) is 19.6 Å². The van der Waals surface area contributed by atoms with Crippen LogP contribution in [0.5, 0.6) is 0 Å². The van der Waals surface area contributed by atoms with Crippen LogP contribution < -0.4 is 5.32 Å². The largest absolute Gasteiger partial charge is 0.468 e. The van der Waals surface area contributed by atoms with Crippen molar-refractivity contribution >= 4 is 11.9 Å². The Bertz CT molecular complexity index is 300. The van der Waals surface area contributed by atoms with Crippen molar-refractivity contribution in [2.45, 2.75) is 31.7 Å². The minimum absolute atomic E-state index is 0.186. The summed E-state index contributed by atoms with van der Waals surface area (Å²) in [7, 11) is 1.38. The molecule has 1 aliphatic heterocycles. The molecule has 0 aromatic heterocycles. The summed E-state index contributed by atoms with van der Waals surface area (Å²) >= 11 is 0. The highest BCUT2D eigenvalue weighted by molar-refractivity contribution is 5.81. The molecule has 96 valence electrons. The molecule has 1 atom stereocenters. The van der Waals surface area contributed by atoms with Gasteiger partial charge in [0.25, 0.3) is 0 Å². The normalized spacial score (nSPS) is 25.9. The first kappa shape index (κ1) is 12.4. The Morgan fingerprint density at radius 1 is 1.29 bits per heavy atom. The Morgan fingerprint density at radius 2 is 2.00 bits per heavy atom. The number of carbonyl (C=O) groups excluding carboxylic acids is 2. The summed E-state index contributed by atoms with van der Waals surface area (Å²) in [4.78, 5) is 25.5. The first-order valence-corrected chi connectivity index (χ1v) is 6.32. The summed E-state index contributed by atoms with van der Waals surface area (Å²) in [6, 6.07) is -0.362. The third-order valence-electron chi connectivity index (χ3n) is 3.68. The smallest absolute Gasteiger partial charge is 0.324 e. The highest BCUT2D eigenvalue weighted by Gasteiger charge is 2.32. The fourth-order valence-corrected chi connectivity index (χ4v) is 2.68. The Kier molecular flexibility index (Phi) is 3.99. The van der Waals surface area contributed by atoms with Gasteiger partial charge in [-0.15, -0.1) is 0 Å². The van der Waals surface area contributed by atoms with Gasteiger partial charge in [-0.3, -0.25) is 9.59 Å². The van der Waals surface area contributed by atoms with Crippen LogP contribution in [0.15, 0.2) is 0 Å². The van der Waals surface area contributed by atoms with E-state index in [1.807, 2.05) is 4.90 Å². The lowest BCUT2D eigenvalue weighted by molar-refractivity contribution is -0.146. The molecule has 5 heteroatoms. The number of nitrogens with one attached hydrogen (secondary N) is 1. The molecule has 0 bridgehead atoms. The molecule has 1 unspecified atom stereocenters. The van der Waals surface area contributed by atoms with Crippen LogP contribution in [0.4, 0.5) is 0 Å². The quantitative estimate of drug-likeness (QED) is 0.698. The van der Waals surface area contributed by atoms with Gasteiger partial charge in [-0.2, -0.15) is 0 Å². The van der Waals surface area contributed by atoms with E-state index in [4.69, 9.17) is 4.74 Å². The number of hydrogen-bond acceptors (Lipinski definition) is 4. The average molecular weight is 240 g/mol. The number of esters is 1. The van der Waals surface area contributed by atoms with E-state index in [2.05, 4.69) is 5.32 Å². The zero-order chi connectivity index (χ0) is 12.3. The predicted octanol–water partition coefficient (Wildman–Crippen LogP) is 0.150. The van der Waals surface area contributed by atoms with Gasteiger partial charge >= 0.3 is 5.97 Å². The molecule has 0 spiro atoms. The van der Waals surface area contributed by atoms with Crippen LogP contribution in [-0.2, 0) is 14.3 Å². The van der Waals surface area contributed by atoms with Crippen LogP contribution in [0.2, 0.25) is 0 Å². The fourth-order valence-electron chi connectivity index (χ4n) is 2.68. The fraction of sp³-hybridized carbons (Fsp3) is 0.833. The number of methoxy groups -OCH3 is 1. The van der Waals surface area contributed by atoms with Crippen molar-refractivity contribution < 1.29 is 14.3 Å². The van der Waals surface area contributed by atoms with Crippen molar-refractivity contribution in [3.63, 3.8) is 0 Å². The molecule has 2 fully saturated rings. The summed E-state index contributed by atoms with van der Waals surface area (Å²) < 4.78 is 4.70. The molecule has 1 saturated heterocycles. The minimum Gasteiger partial charge on any atom is -0.468 e. The van der Waals surface area contributed by atoms with Crippen molar-refractivity contribution in [3.05, 3.63) is 0 Å². The standard InChI is InChI=1S/C12H20N2O3/c1-17-12(16)10-8-14(7-6-13-10)11(15)9-4-2-3-5-9/h9-10,13H,2-8H2,1H3. The number of ether oxygens (including phenoxy) is 1. The number of piperazine rings is 1. The highest BCUT2D eigenvalue weighted by Crippen LogP contribution is 2.26. The van der Waals surface area contributed by atoms with Gasteiger partial charge in [-0.1, -0.05) is 12.8 Å². The van der Waals surface area contributed by atoms with Crippen molar-refractivity contribution in [2.24, 2.45) is 5.92 Å². The molecule has 0 radical (unpaired) electrons. The number of amides is 1. The lowest BCUT2D eigenvalue weighted by Crippen LogP contribution is -2.56. The molecule has 2 rings (SSSR count). The molecule has 17 heavy (non-hydrogen) atoms. The third-order valence-corrected chi connectivity index (χ3v) is 3.68. The van der Waals surface area contributed by atoms with Crippen LogP contribution in [0.3, 0.4) is 0 Å². The molecule has 1 amide bonds. The number of rotatable bonds is 2. The first-order chi connectivity index (χ1) is 8.22. The average Bonchev–Trinajstić information content (AvgIpc) is 2.91. The Hall–Kier alpha value is -1.10. The summed E-state index contributed by atoms with van der Waals surface area (Å²) in [6.07, 6.45) is 4.32. The van der Waals surface area contributed by atoms with E-state index < -0.39 is 0 Å². The molecule has 0 aromatic carbocycles. The van der Waals surface area contributed by atoms with E-state index in [1.165, 1.54) is 7.11 Å². The number of hydrogen-bond donors (Lipinski definition) is 1. The Morgan fingerprint density at radius 3 is 2.65 bits per heavy atom. The van der Waals surface area contributed by atoms with Crippen molar-refractivity contribution in [2.75, 3.05) is 26.7 Å². The van der Waals surface area contributed by atoms with Crippen LogP contribution in [0.1, 0.15) is 25.7 Å². The molecule has 1 saturated carbocycles. The van der Waals surface area contributed by atoms with Crippen LogP contribution >= 0.6 is 0 Å². The second-order valence-corrected chi connectivity index (χ2v) is 4.80. The number of nitrogens with zero attached hydrogens (tertiary/aromatic N) is 1. The van der Waals surface area contributed by atoms with Gasteiger partial charge in [-0.05, 0) is 12.8 Å². The van der Waals surface area contributed by atoms with Gasteiger partial charge in [0.15, 0.2) is 0 Å². The predicted molar refractivity (Wildman–Crippen MR) is 62.3 cm³/mol. The summed E-state index contributed by atoms with van der Waals surface area (Å²) in [6.45, 7) is 1.81. The molecule has 1 heterocycles. The molecular formula is C12H20N2O3. The highest BCUT2D eigenvalue weighted by atomic mass is 16.5. The Balaban J connectivity index is 1.92. The summed E-state index contributed by atoms with van der Waals surface area (Å²) in [5.41, 5.74) is 0. The van der Waals surface area contributed by atoms with Gasteiger partial charge in [0.2, 0.25) is 5.91 Å². The Labute approximate surface area is 101 Å². The van der Waals surface area contributed by atoms with Gasteiger partial charge in [0.1, 0.15) is 6.04 Å². The molecular weight excluding hydrogens is 220 g/mol. The van der Waals surface area contributed by atoms with E-state index in [-0.39, 0.29) is 23.8 Å². The monoisotopic (exact) mass is 240 g/mol. The number of carbonyl (C=O) groups is 2. The van der Waals surface area contributed by atoms with E-state index in [9.17, 15) is 9.59 Å². The molecule has 5 nitrogen and oxygen atoms in total. The van der Waals surface area contributed by atoms with Gasteiger partial charge in [0.05, 0.1) is 7.11 Å². The maximum atomic E-state index is 12.2. The maximum Gasteiger partial charge on any atom is 0.324 e. The van der Waals surface area contributed by atoms with Crippen molar-refractivity contribution in [3.8, 4) is 0 Å². The third kappa shape index (κ3) is 2.77. The van der Waals surface area contributed by atoms with Gasteiger partial charge in [0, 0.05) is 25.6 Å². The van der Waals surface area contributed by atoms with Gasteiger partial charge < -0.3 is 15.0 Å². The summed E-state index contributed by atoms with van der Waals surface area (Å²) in [5, 5.41) is 3.08. The minimum atomic E-state index is -0.362. The van der Waals surface area contributed by atoms with E-state index >= 15 is 0 Å². The SMILES string of the molecule is COC(=O)C1CN(C(=O)C2CCCC2)CCN1. The van der Waals surface area contributed by atoms with Crippen molar-refractivity contribution in [1.82, 2.24) is 10.2 Å². The molecule has 1 N–H and O–H groups in total. The van der Waals surface area contributed by atoms with E-state index in [1.54, 1.807) is 0 Å². The first-order valence-electron chi connectivity index (χ1n) is 6.32. The van der Waals surface area contributed by atoms with Crippen LogP contribution in [0.25, 0.3) is 0 Å². The zero-order valence-electron chi connectivity index (χ0n) is 10.3. The molecule has 2 aliphatic rings. The lowest BCUT2D eigenvalue weighted by Gasteiger charge is -2.33. The second-order valence-electron chi connectivity index (χ2n) is 4.80. The molecule has 0 aromatic rings. The van der Waals surface area contributed by atoms with Gasteiger partial charge in [-0.25, -0.2) is 0 Å². The van der Waals surface area contributed by atoms with Crippen LogP contribution in [-0.4, -0.2) is 49.6 Å².